The molecule has 0 fully saturated rings. The number of rotatable bonds is 6. The van der Waals surface area contributed by atoms with Crippen molar-refractivity contribution in [3.8, 4) is 5.75 Å². The van der Waals surface area contributed by atoms with Gasteiger partial charge < -0.3 is 14.2 Å². The number of esters is 1. The third-order valence-electron chi connectivity index (χ3n) is 4.42. The molecule has 0 N–H and O–H groups in total. The first-order chi connectivity index (χ1) is 12.7. The van der Waals surface area contributed by atoms with E-state index >= 15 is 0 Å². The van der Waals surface area contributed by atoms with Crippen molar-refractivity contribution < 1.29 is 19.0 Å². The van der Waals surface area contributed by atoms with Crippen LogP contribution >= 0.6 is 0 Å². The van der Waals surface area contributed by atoms with Gasteiger partial charge in [-0.2, -0.15) is 0 Å². The monoisotopic (exact) mass is 352 g/mol. The van der Waals surface area contributed by atoms with Crippen LogP contribution in [0.3, 0.4) is 0 Å². The maximum absolute atomic E-state index is 12.7. The molecule has 0 radical (unpaired) electrons. The Labute approximate surface area is 154 Å². The molecule has 0 amide bonds. The number of carbonyl (C=O) groups excluding carboxylic acids is 1. The fourth-order valence-corrected chi connectivity index (χ4v) is 3.04. The van der Waals surface area contributed by atoms with Crippen molar-refractivity contribution in [3.05, 3.63) is 65.7 Å². The molecule has 1 aliphatic rings. The fraction of sp³-hybridized carbons (Fsp3) is 0.318. The summed E-state index contributed by atoms with van der Waals surface area (Å²) in [5, 5.41) is 0. The Morgan fingerprint density at radius 1 is 1.08 bits per heavy atom. The molecule has 0 bridgehead atoms. The van der Waals surface area contributed by atoms with E-state index in [1.807, 2.05) is 60.7 Å². The number of ether oxygens (including phenoxy) is 3. The first kappa shape index (κ1) is 18.2. The third-order valence-corrected chi connectivity index (χ3v) is 4.42. The van der Waals surface area contributed by atoms with Crippen LogP contribution in [0.15, 0.2) is 54.6 Å². The predicted molar refractivity (Wildman–Crippen MR) is 102 cm³/mol. The van der Waals surface area contributed by atoms with Crippen LogP contribution < -0.4 is 4.74 Å². The molecule has 0 aliphatic carbocycles. The van der Waals surface area contributed by atoms with Crippen LogP contribution in [0, 0.1) is 5.92 Å². The molecular weight excluding hydrogens is 328 g/mol. The van der Waals surface area contributed by atoms with Gasteiger partial charge in [-0.1, -0.05) is 61.9 Å². The number of para-hydroxylation sites is 1. The number of hydrogen-bond donors (Lipinski definition) is 0. The molecule has 0 spiro atoms. The fourth-order valence-electron chi connectivity index (χ4n) is 3.04. The van der Waals surface area contributed by atoms with Gasteiger partial charge in [-0.05, 0) is 29.7 Å². The molecule has 0 saturated heterocycles. The molecule has 2 aromatic carbocycles. The number of fused-ring (bicyclic) bond motifs is 1. The van der Waals surface area contributed by atoms with E-state index in [1.54, 1.807) is 0 Å². The minimum atomic E-state index is -0.732. The van der Waals surface area contributed by atoms with E-state index in [0.29, 0.717) is 12.4 Å². The van der Waals surface area contributed by atoms with Crippen LogP contribution in [0.1, 0.15) is 30.9 Å². The van der Waals surface area contributed by atoms with Crippen molar-refractivity contribution in [1.82, 2.24) is 0 Å². The molecule has 4 nitrogen and oxygen atoms in total. The molecule has 136 valence electrons. The lowest BCUT2D eigenvalue weighted by Gasteiger charge is -2.26. The first-order valence-electron chi connectivity index (χ1n) is 8.96. The van der Waals surface area contributed by atoms with Gasteiger partial charge in [0.1, 0.15) is 11.7 Å². The maximum atomic E-state index is 12.7. The summed E-state index contributed by atoms with van der Waals surface area (Å²) in [6.45, 7) is 2.62. The first-order valence-corrected chi connectivity index (χ1v) is 8.96. The Morgan fingerprint density at radius 3 is 2.54 bits per heavy atom. The van der Waals surface area contributed by atoms with Crippen LogP contribution in [-0.2, 0) is 14.3 Å². The van der Waals surface area contributed by atoms with Crippen molar-refractivity contribution in [3.63, 3.8) is 0 Å². The van der Waals surface area contributed by atoms with Crippen LogP contribution in [0.4, 0.5) is 0 Å². The smallest absolute Gasteiger partial charge is 0.319 e. The van der Waals surface area contributed by atoms with Crippen LogP contribution in [0.2, 0.25) is 0 Å². The summed E-state index contributed by atoms with van der Waals surface area (Å²) in [6, 6.07) is 17.6. The molecule has 26 heavy (non-hydrogen) atoms. The van der Waals surface area contributed by atoms with Gasteiger partial charge in [-0.3, -0.25) is 4.79 Å². The minimum Gasteiger partial charge on any atom is -0.468 e. The van der Waals surface area contributed by atoms with Gasteiger partial charge in [0.25, 0.3) is 0 Å². The van der Waals surface area contributed by atoms with E-state index in [1.165, 1.54) is 7.11 Å². The second-order valence-electron chi connectivity index (χ2n) is 6.21. The Hall–Kier alpha value is -2.59. The Kier molecular flexibility index (Phi) is 6.08. The van der Waals surface area contributed by atoms with Crippen molar-refractivity contribution in [2.75, 3.05) is 13.7 Å². The van der Waals surface area contributed by atoms with E-state index in [0.717, 1.165) is 29.5 Å². The number of carbonyl (C=O) groups is 1. The zero-order chi connectivity index (χ0) is 18.4. The average Bonchev–Trinajstić information content (AvgIpc) is 2.85. The standard InChI is InChI=1S/C22H24O4/c1-3-4-14-25-22-20(21(23)24-2)18(16-10-6-5-7-11-16)15-17-12-8-9-13-19(17)26-22/h5-13,15,20,22H,3-4,14H2,1-2H3/t20-,22+/m1/s1. The highest BCUT2D eigenvalue weighted by Crippen LogP contribution is 2.37. The summed E-state index contributed by atoms with van der Waals surface area (Å²) < 4.78 is 17.2. The van der Waals surface area contributed by atoms with Crippen LogP contribution in [-0.4, -0.2) is 26.0 Å². The maximum Gasteiger partial charge on any atom is 0.319 e. The van der Waals surface area contributed by atoms with Crippen LogP contribution in [0.5, 0.6) is 5.75 Å². The molecular formula is C22H24O4. The second kappa shape index (κ2) is 8.68. The molecule has 0 saturated carbocycles. The summed E-state index contributed by atoms with van der Waals surface area (Å²) in [5.41, 5.74) is 2.71. The Balaban J connectivity index is 2.08. The molecule has 0 unspecified atom stereocenters. The zero-order valence-electron chi connectivity index (χ0n) is 15.2. The topological polar surface area (TPSA) is 44.8 Å². The molecule has 3 rings (SSSR count). The SMILES string of the molecule is CCCCO[C@H]1Oc2ccccc2C=C(c2ccccc2)[C@@H]1C(=O)OC. The summed E-state index contributed by atoms with van der Waals surface area (Å²) in [5.74, 6) is -0.324. The van der Waals surface area contributed by atoms with E-state index in [-0.39, 0.29) is 5.97 Å². The average molecular weight is 352 g/mol. The van der Waals surface area contributed by atoms with E-state index in [9.17, 15) is 4.79 Å². The minimum absolute atomic E-state index is 0.366. The van der Waals surface area contributed by atoms with E-state index < -0.39 is 12.2 Å². The highest BCUT2D eigenvalue weighted by atomic mass is 16.7. The van der Waals surface area contributed by atoms with E-state index in [4.69, 9.17) is 14.2 Å². The van der Waals surface area contributed by atoms with Gasteiger partial charge in [0, 0.05) is 5.56 Å². The number of hydrogen-bond acceptors (Lipinski definition) is 4. The van der Waals surface area contributed by atoms with Gasteiger partial charge in [-0.15, -0.1) is 0 Å². The van der Waals surface area contributed by atoms with Gasteiger partial charge in [-0.25, -0.2) is 0 Å². The van der Waals surface area contributed by atoms with Crippen LogP contribution in [0.25, 0.3) is 11.6 Å². The zero-order valence-corrected chi connectivity index (χ0v) is 15.2. The Bertz CT molecular complexity index is 767. The van der Waals surface area contributed by atoms with Crippen molar-refractivity contribution in [1.29, 1.82) is 0 Å². The molecule has 2 aromatic rings. The quantitative estimate of drug-likeness (QED) is 0.565. The summed E-state index contributed by atoms with van der Waals surface area (Å²) in [6.07, 6.45) is 3.17. The lowest BCUT2D eigenvalue weighted by atomic mass is 9.90. The lowest BCUT2D eigenvalue weighted by molar-refractivity contribution is -0.160. The molecule has 0 aromatic heterocycles. The number of unbranched alkanes of at least 4 members (excludes halogenated alkanes) is 1. The van der Waals surface area contributed by atoms with E-state index in [2.05, 4.69) is 6.92 Å². The van der Waals surface area contributed by atoms with Gasteiger partial charge in [0.05, 0.1) is 13.7 Å². The van der Waals surface area contributed by atoms with Gasteiger partial charge >= 0.3 is 5.97 Å². The highest BCUT2D eigenvalue weighted by molar-refractivity contribution is 5.96. The second-order valence-corrected chi connectivity index (χ2v) is 6.21. The van der Waals surface area contributed by atoms with Crippen molar-refractivity contribution >= 4 is 17.6 Å². The van der Waals surface area contributed by atoms with Crippen molar-refractivity contribution in [2.24, 2.45) is 5.92 Å². The summed E-state index contributed by atoms with van der Waals surface area (Å²) >= 11 is 0. The normalized spacial score (nSPS) is 18.9. The largest absolute Gasteiger partial charge is 0.468 e. The van der Waals surface area contributed by atoms with Gasteiger partial charge in [0.15, 0.2) is 0 Å². The number of benzene rings is 2. The molecule has 4 heteroatoms. The Morgan fingerprint density at radius 2 is 1.81 bits per heavy atom. The third kappa shape index (κ3) is 3.97. The van der Waals surface area contributed by atoms with Crippen molar-refractivity contribution in [2.45, 2.75) is 26.1 Å². The molecule has 2 atom stereocenters. The summed E-state index contributed by atoms with van der Waals surface area (Å²) in [4.78, 5) is 12.7. The predicted octanol–water partition coefficient (Wildman–Crippen LogP) is 4.55. The molecule has 1 heterocycles. The van der Waals surface area contributed by atoms with Gasteiger partial charge in [0.2, 0.25) is 6.29 Å². The summed E-state index contributed by atoms with van der Waals surface area (Å²) in [7, 11) is 1.39. The lowest BCUT2D eigenvalue weighted by Crippen LogP contribution is -2.36. The highest BCUT2D eigenvalue weighted by Gasteiger charge is 2.38. The number of methoxy groups -OCH3 is 1. The molecule has 1 aliphatic heterocycles.